The first-order valence-electron chi connectivity index (χ1n) is 34.4. The van der Waals surface area contributed by atoms with Gasteiger partial charge in [-0.15, -0.1) is 0 Å². The summed E-state index contributed by atoms with van der Waals surface area (Å²) in [6, 6.07) is 0. The van der Waals surface area contributed by atoms with E-state index in [-0.39, 0.29) is 38.6 Å². The predicted molar refractivity (Wildman–Crippen MR) is 358 cm³/mol. The maximum atomic E-state index is 12.7. The number of hydrogen-bond donors (Lipinski definition) is 2. The van der Waals surface area contributed by atoms with E-state index in [1.54, 1.807) is 0 Å². The number of unbranched alkanes of at least 4 members (excludes halogenated alkanes) is 33. The lowest BCUT2D eigenvalue weighted by atomic mass is 10.0. The molecule has 0 aromatic rings. The molecule has 0 aromatic heterocycles. The smallest absolute Gasteiger partial charge is 0.462 e. The number of esters is 2. The number of hydrogen-bond acceptors (Lipinski definition) is 8. The minimum absolute atomic E-state index is 0.0494. The molecule has 0 radical (unpaired) electrons. The van der Waals surface area contributed by atoms with Gasteiger partial charge in [0, 0.05) is 19.4 Å². The normalized spacial score (nSPS) is 13.6. The Hall–Kier alpha value is -3.33. The Morgan fingerprint density at radius 3 is 0.928 bits per heavy atom. The largest absolute Gasteiger partial charge is 0.472 e. The summed E-state index contributed by atoms with van der Waals surface area (Å²) in [4.78, 5) is 35.3. The van der Waals surface area contributed by atoms with Crippen molar-refractivity contribution >= 4 is 19.8 Å². The Kier molecular flexibility index (Phi) is 65.1. The van der Waals surface area contributed by atoms with Gasteiger partial charge in [-0.2, -0.15) is 0 Å². The lowest BCUT2D eigenvalue weighted by Crippen LogP contribution is -2.29. The van der Waals surface area contributed by atoms with Crippen molar-refractivity contribution in [2.24, 2.45) is 5.73 Å². The molecule has 83 heavy (non-hydrogen) atoms. The van der Waals surface area contributed by atoms with Crippen molar-refractivity contribution in [2.45, 2.75) is 315 Å². The lowest BCUT2D eigenvalue weighted by molar-refractivity contribution is -0.161. The Morgan fingerprint density at radius 1 is 0.361 bits per heavy atom. The summed E-state index contributed by atoms with van der Waals surface area (Å²) in [5.74, 6) is -0.827. The first kappa shape index (κ1) is 79.7. The quantitative estimate of drug-likeness (QED) is 0.0264. The van der Waals surface area contributed by atoms with E-state index >= 15 is 0 Å². The fraction of sp³-hybridized carbons (Fsp3) is 0.726. The van der Waals surface area contributed by atoms with Gasteiger partial charge in [-0.1, -0.05) is 309 Å². The van der Waals surface area contributed by atoms with Crippen LogP contribution in [-0.4, -0.2) is 49.3 Å². The molecular formula is C73H128NO8P. The van der Waals surface area contributed by atoms with Crippen molar-refractivity contribution in [3.63, 3.8) is 0 Å². The summed E-state index contributed by atoms with van der Waals surface area (Å²) in [5, 5.41) is 0. The number of nitrogens with two attached hydrogens (primary N) is 1. The average Bonchev–Trinajstić information content (AvgIpc) is 3.49. The summed E-state index contributed by atoms with van der Waals surface area (Å²) >= 11 is 0. The van der Waals surface area contributed by atoms with Crippen molar-refractivity contribution in [3.8, 4) is 0 Å². The van der Waals surface area contributed by atoms with Crippen molar-refractivity contribution in [1.82, 2.24) is 0 Å². The van der Waals surface area contributed by atoms with E-state index in [9.17, 15) is 19.0 Å². The van der Waals surface area contributed by atoms with Crippen molar-refractivity contribution in [1.29, 1.82) is 0 Å². The van der Waals surface area contributed by atoms with Crippen LogP contribution in [0.1, 0.15) is 309 Å². The van der Waals surface area contributed by atoms with E-state index in [1.165, 1.54) is 173 Å². The molecule has 478 valence electrons. The van der Waals surface area contributed by atoms with Crippen molar-refractivity contribution in [3.05, 3.63) is 109 Å². The summed E-state index contributed by atoms with van der Waals surface area (Å²) in [6.07, 6.45) is 93.3. The van der Waals surface area contributed by atoms with Crippen LogP contribution in [-0.2, 0) is 32.7 Å². The fourth-order valence-electron chi connectivity index (χ4n) is 9.66. The van der Waals surface area contributed by atoms with Gasteiger partial charge in [0.25, 0.3) is 0 Å². The van der Waals surface area contributed by atoms with Gasteiger partial charge >= 0.3 is 19.8 Å². The van der Waals surface area contributed by atoms with Crippen LogP contribution in [0.2, 0.25) is 0 Å². The standard InChI is InChI=1S/C73H128NO8P/c1-3-5-7-9-11-13-15-17-19-21-23-25-27-29-30-31-32-33-34-35-36-37-38-39-40-42-43-45-47-49-51-53-55-57-59-61-63-65-72(75)79-69-71(70-81-83(77,78)80-68-67-74)82-73(76)66-64-62-60-58-56-54-52-50-48-46-44-41-28-26-24-22-20-18-16-14-12-10-8-6-4-2/h5-8,11-14,17-20,23-26,41,44,71H,3-4,9-10,15-16,21-22,27-40,42-43,45-70,74H2,1-2H3,(H,77,78)/b7-5-,8-6-,13-11-,14-12-,19-17-,20-18-,25-23-,26-24-,44-41-. The van der Waals surface area contributed by atoms with Gasteiger partial charge in [0.05, 0.1) is 13.2 Å². The van der Waals surface area contributed by atoms with Gasteiger partial charge in [0.2, 0.25) is 0 Å². The minimum atomic E-state index is -4.40. The van der Waals surface area contributed by atoms with Gasteiger partial charge in [-0.05, 0) is 96.3 Å². The molecule has 0 heterocycles. The molecule has 0 saturated heterocycles. The maximum absolute atomic E-state index is 12.7. The monoisotopic (exact) mass is 1180 g/mol. The minimum Gasteiger partial charge on any atom is -0.462 e. The molecule has 0 spiro atoms. The van der Waals surface area contributed by atoms with Gasteiger partial charge in [-0.25, -0.2) is 4.57 Å². The number of carbonyl (C=O) groups is 2. The number of rotatable bonds is 64. The van der Waals surface area contributed by atoms with E-state index in [0.717, 1.165) is 103 Å². The van der Waals surface area contributed by atoms with Crippen LogP contribution in [0, 0.1) is 0 Å². The molecule has 10 heteroatoms. The highest BCUT2D eigenvalue weighted by Gasteiger charge is 2.26. The Bertz CT molecular complexity index is 1730. The zero-order valence-electron chi connectivity index (χ0n) is 53.7. The highest BCUT2D eigenvalue weighted by Crippen LogP contribution is 2.43. The lowest BCUT2D eigenvalue weighted by Gasteiger charge is -2.19. The summed E-state index contributed by atoms with van der Waals surface area (Å²) in [7, 11) is -4.40. The molecule has 2 unspecified atom stereocenters. The van der Waals surface area contributed by atoms with Crippen LogP contribution in [0.4, 0.5) is 0 Å². The van der Waals surface area contributed by atoms with E-state index in [2.05, 4.69) is 123 Å². The molecule has 0 rings (SSSR count). The second kappa shape index (κ2) is 67.8. The van der Waals surface area contributed by atoms with Gasteiger partial charge in [0.15, 0.2) is 6.10 Å². The van der Waals surface area contributed by atoms with E-state index in [1.807, 2.05) is 0 Å². The zero-order chi connectivity index (χ0) is 60.1. The third kappa shape index (κ3) is 67.7. The molecule has 0 amide bonds. The number of carbonyl (C=O) groups excluding carboxylic acids is 2. The maximum Gasteiger partial charge on any atom is 0.472 e. The number of phosphoric acid groups is 1. The highest BCUT2D eigenvalue weighted by atomic mass is 31.2. The molecule has 0 aliphatic heterocycles. The number of ether oxygens (including phenoxy) is 2. The van der Waals surface area contributed by atoms with Crippen LogP contribution in [0.3, 0.4) is 0 Å². The third-order valence-electron chi connectivity index (χ3n) is 14.7. The van der Waals surface area contributed by atoms with Crippen molar-refractivity contribution < 1.29 is 37.6 Å². The average molecular weight is 1180 g/mol. The van der Waals surface area contributed by atoms with Gasteiger partial charge < -0.3 is 20.1 Å². The zero-order valence-corrected chi connectivity index (χ0v) is 54.5. The van der Waals surface area contributed by atoms with Gasteiger partial charge in [-0.3, -0.25) is 18.6 Å². The molecule has 0 aliphatic carbocycles. The molecule has 0 fully saturated rings. The summed E-state index contributed by atoms with van der Waals surface area (Å²) in [5.41, 5.74) is 5.40. The Morgan fingerprint density at radius 2 is 0.627 bits per heavy atom. The first-order chi connectivity index (χ1) is 40.8. The van der Waals surface area contributed by atoms with Crippen molar-refractivity contribution in [2.75, 3.05) is 26.4 Å². The third-order valence-corrected chi connectivity index (χ3v) is 15.6. The fourth-order valence-corrected chi connectivity index (χ4v) is 10.4. The SMILES string of the molecule is CC/C=C\C/C=C\C/C=C\C/C=C\C/C=C\CCCCCCCCCCCC(=O)OC(COC(=O)CCCCCCCCCCCCCCCCCCCCCCCCCC/C=C\C/C=C\C/C=C\C/C=C\CC)COP(=O)(O)OCCN. The van der Waals surface area contributed by atoms with Gasteiger partial charge in [0.1, 0.15) is 6.61 Å². The van der Waals surface area contributed by atoms with Crippen LogP contribution in [0.15, 0.2) is 109 Å². The second-order valence-electron chi connectivity index (χ2n) is 22.6. The topological polar surface area (TPSA) is 134 Å². The number of phosphoric ester groups is 1. The van der Waals surface area contributed by atoms with E-state index < -0.39 is 26.5 Å². The van der Waals surface area contributed by atoms with E-state index in [4.69, 9.17) is 24.3 Å². The molecule has 2 atom stereocenters. The van der Waals surface area contributed by atoms with Crippen LogP contribution in [0.5, 0.6) is 0 Å². The second-order valence-corrected chi connectivity index (χ2v) is 24.1. The highest BCUT2D eigenvalue weighted by molar-refractivity contribution is 7.47. The molecule has 0 saturated carbocycles. The number of allylic oxidation sites excluding steroid dienone is 18. The summed E-state index contributed by atoms with van der Waals surface area (Å²) < 4.78 is 33.2. The molecule has 0 aliphatic rings. The Balaban J connectivity index is 3.84. The summed E-state index contributed by atoms with van der Waals surface area (Å²) in [6.45, 7) is 3.54. The van der Waals surface area contributed by atoms with Crippen LogP contribution >= 0.6 is 7.82 Å². The predicted octanol–water partition coefficient (Wildman–Crippen LogP) is 22.5. The first-order valence-corrected chi connectivity index (χ1v) is 35.9. The molecule has 0 bridgehead atoms. The molecule has 3 N–H and O–H groups in total. The molecular weight excluding hydrogens is 1050 g/mol. The Labute approximate surface area is 511 Å². The molecule has 9 nitrogen and oxygen atoms in total. The molecule has 0 aromatic carbocycles. The van der Waals surface area contributed by atoms with Crippen LogP contribution in [0.25, 0.3) is 0 Å². The van der Waals surface area contributed by atoms with Crippen LogP contribution < -0.4 is 5.73 Å². The van der Waals surface area contributed by atoms with E-state index in [0.29, 0.717) is 6.42 Å².